The summed E-state index contributed by atoms with van der Waals surface area (Å²) < 4.78 is 4.63. The Labute approximate surface area is 60.5 Å². The Morgan fingerprint density at radius 3 is 2.33 bits per heavy atom. The standard InChI is InChI=1S/C4H9O.Sn.3H2/c1-3-4-5-2;;;;/h1,3-4H2,2H3;;3*1H. The summed E-state index contributed by atoms with van der Waals surface area (Å²) in [6.45, 7) is 4.33. The summed E-state index contributed by atoms with van der Waals surface area (Å²) in [4.78, 5) is 0. The van der Waals surface area contributed by atoms with Crippen LogP contribution < -0.4 is 0 Å². The third-order valence-electron chi connectivity index (χ3n) is 0.348. The molecule has 0 aliphatic carbocycles. The van der Waals surface area contributed by atoms with Crippen molar-refractivity contribution in [3.63, 3.8) is 0 Å². The Hall–Kier alpha value is 0.759. The molecule has 0 N–H and O–H groups in total. The molecule has 0 amide bonds. The second-order valence-electron chi connectivity index (χ2n) is 0.846. The van der Waals surface area contributed by atoms with Crippen molar-refractivity contribution in [1.29, 1.82) is 0 Å². The predicted molar refractivity (Wildman–Crippen MR) is 33.9 cm³/mol. The zero-order valence-corrected chi connectivity index (χ0v) is 6.88. The maximum atomic E-state index is 4.63. The molecule has 6 heavy (non-hydrogen) atoms. The first kappa shape index (κ1) is 9.90. The molecule has 2 heteroatoms. The molecule has 0 rings (SSSR count). The molecule has 0 spiro atoms. The quantitative estimate of drug-likeness (QED) is 0.606. The summed E-state index contributed by atoms with van der Waals surface area (Å²) in [5.41, 5.74) is 0. The van der Waals surface area contributed by atoms with Gasteiger partial charge in [-0.3, -0.25) is 0 Å². The van der Waals surface area contributed by atoms with Crippen LogP contribution in [0.5, 0.6) is 0 Å². The van der Waals surface area contributed by atoms with Gasteiger partial charge in [0.25, 0.3) is 0 Å². The largest absolute Gasteiger partial charge is 0.385 e. The van der Waals surface area contributed by atoms with Crippen molar-refractivity contribution in [3.8, 4) is 0 Å². The van der Waals surface area contributed by atoms with Gasteiger partial charge in [0.2, 0.25) is 0 Å². The predicted octanol–water partition coefficient (Wildman–Crippen LogP) is 1.21. The van der Waals surface area contributed by atoms with E-state index in [1.54, 1.807) is 7.11 Å². The maximum absolute atomic E-state index is 4.63. The van der Waals surface area contributed by atoms with Crippen LogP contribution in [-0.4, -0.2) is 37.6 Å². The summed E-state index contributed by atoms with van der Waals surface area (Å²) in [5.74, 6) is 0. The average Bonchev–Trinajstić information content (AvgIpc) is 1.41. The average molecular weight is 198 g/mol. The monoisotopic (exact) mass is 199 g/mol. The van der Waals surface area contributed by atoms with E-state index in [9.17, 15) is 0 Å². The minimum Gasteiger partial charge on any atom is -0.385 e. The summed E-state index contributed by atoms with van der Waals surface area (Å²) >= 11 is 0. The van der Waals surface area contributed by atoms with Gasteiger partial charge in [-0.25, -0.2) is 0 Å². The first-order valence-electron chi connectivity index (χ1n) is 1.70. The minimum absolute atomic E-state index is 0. The van der Waals surface area contributed by atoms with Crippen LogP contribution >= 0.6 is 0 Å². The summed E-state index contributed by atoms with van der Waals surface area (Å²) in [6, 6.07) is 0. The normalized spacial score (nSPS) is 7.00. The van der Waals surface area contributed by atoms with E-state index in [4.69, 9.17) is 0 Å². The number of hydrogen-bond acceptors (Lipinski definition) is 1. The molecule has 0 atom stereocenters. The van der Waals surface area contributed by atoms with Gasteiger partial charge in [-0.2, -0.15) is 0 Å². The molecule has 0 aromatic carbocycles. The van der Waals surface area contributed by atoms with E-state index in [2.05, 4.69) is 11.7 Å². The molecular weight excluding hydrogens is 183 g/mol. The topological polar surface area (TPSA) is 9.23 Å². The molecule has 41 valence electrons. The van der Waals surface area contributed by atoms with Gasteiger partial charge >= 0.3 is 0 Å². The number of ether oxygens (including phenoxy) is 1. The van der Waals surface area contributed by atoms with Gasteiger partial charge in [0.15, 0.2) is 0 Å². The fourth-order valence-corrected chi connectivity index (χ4v) is 0.144. The summed E-state index contributed by atoms with van der Waals surface area (Å²) in [5, 5.41) is 0. The van der Waals surface area contributed by atoms with Crippen LogP contribution in [0.25, 0.3) is 0 Å². The van der Waals surface area contributed by atoms with E-state index in [0.717, 1.165) is 13.0 Å². The molecule has 0 aromatic heterocycles. The first-order valence-corrected chi connectivity index (χ1v) is 1.70. The SMILES string of the molecule is [CH2]CCOC.[HH].[HH].[HH].[Sn]. The molecule has 5 radical (unpaired) electrons. The molecule has 0 fully saturated rings. The van der Waals surface area contributed by atoms with Crippen LogP contribution in [0.2, 0.25) is 0 Å². The molecule has 0 heterocycles. The molecule has 0 saturated heterocycles. The van der Waals surface area contributed by atoms with E-state index >= 15 is 0 Å². The second kappa shape index (κ2) is 9.23. The Balaban J connectivity index is -0.0000000133. The molecule has 0 aromatic rings. The van der Waals surface area contributed by atoms with Crippen molar-refractivity contribution < 1.29 is 9.02 Å². The molecule has 0 aliphatic rings. The van der Waals surface area contributed by atoms with Crippen LogP contribution in [-0.2, 0) is 4.74 Å². The summed E-state index contributed by atoms with van der Waals surface area (Å²) in [7, 11) is 1.67. The fraction of sp³-hybridized carbons (Fsp3) is 0.750. The Kier molecular flexibility index (Phi) is 15.2. The van der Waals surface area contributed by atoms with Gasteiger partial charge in [0, 0.05) is 41.9 Å². The van der Waals surface area contributed by atoms with Crippen molar-refractivity contribution >= 4 is 23.9 Å². The Morgan fingerprint density at radius 2 is 2.33 bits per heavy atom. The zero-order chi connectivity index (χ0) is 4.12. The van der Waals surface area contributed by atoms with E-state index in [-0.39, 0.29) is 28.2 Å². The van der Waals surface area contributed by atoms with Crippen LogP contribution in [0.4, 0.5) is 0 Å². The van der Waals surface area contributed by atoms with Gasteiger partial charge in [-0.1, -0.05) is 6.92 Å². The molecular formula is C4H15OSn. The van der Waals surface area contributed by atoms with E-state index in [1.807, 2.05) is 0 Å². The molecule has 0 aliphatic heterocycles. The van der Waals surface area contributed by atoms with Gasteiger partial charge < -0.3 is 4.74 Å². The molecule has 0 saturated carbocycles. The number of rotatable bonds is 2. The van der Waals surface area contributed by atoms with Crippen molar-refractivity contribution in [2.24, 2.45) is 0 Å². The van der Waals surface area contributed by atoms with Crippen LogP contribution in [0.15, 0.2) is 0 Å². The van der Waals surface area contributed by atoms with Gasteiger partial charge in [-0.05, 0) is 6.42 Å². The Bertz CT molecular complexity index is 23.3. The van der Waals surface area contributed by atoms with Crippen molar-refractivity contribution in [1.82, 2.24) is 0 Å². The molecule has 0 bridgehead atoms. The van der Waals surface area contributed by atoms with Crippen molar-refractivity contribution in [2.75, 3.05) is 13.7 Å². The summed E-state index contributed by atoms with van der Waals surface area (Å²) in [6.07, 6.45) is 0.872. The first-order chi connectivity index (χ1) is 2.41. The third kappa shape index (κ3) is 8.83. The van der Waals surface area contributed by atoms with Crippen LogP contribution in [0.1, 0.15) is 10.7 Å². The van der Waals surface area contributed by atoms with E-state index in [1.165, 1.54) is 0 Å². The molecule has 0 unspecified atom stereocenters. The van der Waals surface area contributed by atoms with E-state index in [0.29, 0.717) is 0 Å². The smallest absolute Gasteiger partial charge is 0.0462 e. The van der Waals surface area contributed by atoms with Crippen molar-refractivity contribution in [2.45, 2.75) is 6.42 Å². The second-order valence-corrected chi connectivity index (χ2v) is 0.846. The Morgan fingerprint density at radius 1 is 1.83 bits per heavy atom. The van der Waals surface area contributed by atoms with Crippen molar-refractivity contribution in [3.05, 3.63) is 6.92 Å². The van der Waals surface area contributed by atoms with E-state index < -0.39 is 0 Å². The van der Waals surface area contributed by atoms with Gasteiger partial charge in [0.05, 0.1) is 0 Å². The third-order valence-corrected chi connectivity index (χ3v) is 0.348. The van der Waals surface area contributed by atoms with Gasteiger partial charge in [-0.15, -0.1) is 0 Å². The van der Waals surface area contributed by atoms with Gasteiger partial charge in [0.1, 0.15) is 0 Å². The maximum Gasteiger partial charge on any atom is 0.0462 e. The minimum atomic E-state index is 0. The zero-order valence-electron chi connectivity index (χ0n) is 4.03. The van der Waals surface area contributed by atoms with Crippen LogP contribution in [0.3, 0.4) is 0 Å². The molecule has 1 nitrogen and oxygen atoms in total. The van der Waals surface area contributed by atoms with Crippen LogP contribution in [0, 0.1) is 6.92 Å². The number of hydrogen-bond donors (Lipinski definition) is 0. The fourth-order valence-electron chi connectivity index (χ4n) is 0.144. The number of methoxy groups -OCH3 is 1.